The number of amides is 1. The maximum Gasteiger partial charge on any atom is 0.244 e. The van der Waals surface area contributed by atoms with Gasteiger partial charge in [0.05, 0.1) is 17.3 Å². The molecule has 106 valence electrons. The number of benzene rings is 1. The highest BCUT2D eigenvalue weighted by Crippen LogP contribution is 2.38. The van der Waals surface area contributed by atoms with Crippen LogP contribution in [0.5, 0.6) is 0 Å². The van der Waals surface area contributed by atoms with Gasteiger partial charge in [-0.25, -0.2) is 0 Å². The second-order valence-corrected chi connectivity index (χ2v) is 5.69. The number of nitriles is 1. The van der Waals surface area contributed by atoms with Crippen LogP contribution in [0.3, 0.4) is 0 Å². The second-order valence-electron chi connectivity index (χ2n) is 5.69. The van der Waals surface area contributed by atoms with E-state index in [0.717, 1.165) is 29.4 Å². The molecule has 1 N–H and O–H groups in total. The third-order valence-electron chi connectivity index (χ3n) is 4.21. The summed E-state index contributed by atoms with van der Waals surface area (Å²) in [5.74, 6) is -0.196. The van der Waals surface area contributed by atoms with E-state index in [1.165, 1.54) is 0 Å². The van der Waals surface area contributed by atoms with Crippen molar-refractivity contribution in [2.24, 2.45) is 5.41 Å². The van der Waals surface area contributed by atoms with Crippen LogP contribution in [-0.2, 0) is 4.79 Å². The highest BCUT2D eigenvalue weighted by Gasteiger charge is 2.41. The molecule has 0 bridgehead atoms. The SMILES string of the molecule is Cc1ccc2cccc(NC(=O)C3(C#N)CCCC3)c2n1. The van der Waals surface area contributed by atoms with Gasteiger partial charge in [-0.05, 0) is 31.9 Å². The third kappa shape index (κ3) is 2.36. The van der Waals surface area contributed by atoms with Crippen molar-refractivity contribution in [1.82, 2.24) is 4.98 Å². The average Bonchev–Trinajstić information content (AvgIpc) is 2.98. The monoisotopic (exact) mass is 279 g/mol. The number of carbonyl (C=O) groups is 1. The summed E-state index contributed by atoms with van der Waals surface area (Å²) < 4.78 is 0. The Bertz CT molecular complexity index is 739. The highest BCUT2D eigenvalue weighted by molar-refractivity contribution is 6.03. The zero-order chi connectivity index (χ0) is 14.9. The van der Waals surface area contributed by atoms with E-state index in [1.54, 1.807) is 0 Å². The van der Waals surface area contributed by atoms with Gasteiger partial charge in [0, 0.05) is 11.1 Å². The zero-order valence-corrected chi connectivity index (χ0v) is 12.0. The van der Waals surface area contributed by atoms with Crippen molar-refractivity contribution >= 4 is 22.5 Å². The van der Waals surface area contributed by atoms with Crippen molar-refractivity contribution in [3.63, 3.8) is 0 Å². The normalized spacial score (nSPS) is 16.6. The molecule has 1 aliphatic carbocycles. The van der Waals surface area contributed by atoms with Gasteiger partial charge in [0.15, 0.2) is 0 Å². The molecule has 1 aromatic carbocycles. The largest absolute Gasteiger partial charge is 0.323 e. The molecule has 0 unspecified atom stereocenters. The lowest BCUT2D eigenvalue weighted by atomic mass is 9.87. The van der Waals surface area contributed by atoms with Gasteiger partial charge in [0.1, 0.15) is 5.41 Å². The quantitative estimate of drug-likeness (QED) is 0.914. The Morgan fingerprint density at radius 1 is 1.29 bits per heavy atom. The molecule has 1 aliphatic rings. The van der Waals surface area contributed by atoms with E-state index in [0.29, 0.717) is 18.5 Å². The van der Waals surface area contributed by atoms with Crippen LogP contribution in [0.25, 0.3) is 10.9 Å². The number of nitrogens with one attached hydrogen (secondary N) is 1. The summed E-state index contributed by atoms with van der Waals surface area (Å²) in [7, 11) is 0. The fourth-order valence-corrected chi connectivity index (χ4v) is 2.96. The summed E-state index contributed by atoms with van der Waals surface area (Å²) in [5, 5.41) is 13.3. The van der Waals surface area contributed by atoms with Crippen LogP contribution in [0.15, 0.2) is 30.3 Å². The lowest BCUT2D eigenvalue weighted by Crippen LogP contribution is -2.32. The Morgan fingerprint density at radius 3 is 2.76 bits per heavy atom. The van der Waals surface area contributed by atoms with Gasteiger partial charge >= 0.3 is 0 Å². The van der Waals surface area contributed by atoms with Gasteiger partial charge in [-0.3, -0.25) is 9.78 Å². The first-order valence-corrected chi connectivity index (χ1v) is 7.24. The predicted octanol–water partition coefficient (Wildman–Crippen LogP) is 3.57. The van der Waals surface area contributed by atoms with Crippen LogP contribution in [0.2, 0.25) is 0 Å². The number of aromatic nitrogens is 1. The maximum absolute atomic E-state index is 12.5. The smallest absolute Gasteiger partial charge is 0.244 e. The number of carbonyl (C=O) groups excluding carboxylic acids is 1. The van der Waals surface area contributed by atoms with E-state index >= 15 is 0 Å². The first kappa shape index (κ1) is 13.6. The van der Waals surface area contributed by atoms with Crippen molar-refractivity contribution in [3.8, 4) is 6.07 Å². The fourth-order valence-electron chi connectivity index (χ4n) is 2.96. The van der Waals surface area contributed by atoms with Crippen molar-refractivity contribution in [3.05, 3.63) is 36.0 Å². The van der Waals surface area contributed by atoms with Crippen LogP contribution in [-0.4, -0.2) is 10.9 Å². The van der Waals surface area contributed by atoms with Crippen LogP contribution in [0, 0.1) is 23.7 Å². The lowest BCUT2D eigenvalue weighted by Gasteiger charge is -2.19. The van der Waals surface area contributed by atoms with E-state index in [9.17, 15) is 10.1 Å². The lowest BCUT2D eigenvalue weighted by molar-refractivity contribution is -0.122. The standard InChI is InChI=1S/C17H17N3O/c1-12-7-8-13-5-4-6-14(15(13)19-12)20-16(21)17(11-18)9-2-3-10-17/h4-8H,2-3,9-10H2,1H3,(H,20,21). The number of para-hydroxylation sites is 1. The van der Waals surface area contributed by atoms with Crippen molar-refractivity contribution < 1.29 is 4.79 Å². The van der Waals surface area contributed by atoms with Gasteiger partial charge in [-0.1, -0.05) is 31.0 Å². The Labute approximate surface area is 123 Å². The topological polar surface area (TPSA) is 65.8 Å². The van der Waals surface area contributed by atoms with Gasteiger partial charge < -0.3 is 5.32 Å². The summed E-state index contributed by atoms with van der Waals surface area (Å²) in [6.07, 6.45) is 3.17. The molecule has 0 aliphatic heterocycles. The van der Waals surface area contributed by atoms with Gasteiger partial charge in [0.2, 0.25) is 5.91 Å². The van der Waals surface area contributed by atoms with E-state index in [-0.39, 0.29) is 5.91 Å². The van der Waals surface area contributed by atoms with Crippen LogP contribution >= 0.6 is 0 Å². The zero-order valence-electron chi connectivity index (χ0n) is 12.0. The molecule has 1 aromatic heterocycles. The molecule has 0 atom stereocenters. The third-order valence-corrected chi connectivity index (χ3v) is 4.21. The Morgan fingerprint density at radius 2 is 2.05 bits per heavy atom. The van der Waals surface area contributed by atoms with Gasteiger partial charge in [-0.2, -0.15) is 5.26 Å². The molecule has 3 rings (SSSR count). The van der Waals surface area contributed by atoms with Crippen molar-refractivity contribution in [2.75, 3.05) is 5.32 Å². The molecule has 1 saturated carbocycles. The number of hydrogen-bond acceptors (Lipinski definition) is 3. The molecule has 1 fully saturated rings. The maximum atomic E-state index is 12.5. The number of hydrogen-bond donors (Lipinski definition) is 1. The minimum absolute atomic E-state index is 0.196. The average molecular weight is 279 g/mol. The Kier molecular flexibility index (Phi) is 3.34. The second kappa shape index (κ2) is 5.17. The minimum Gasteiger partial charge on any atom is -0.323 e. The molecule has 2 aromatic rings. The minimum atomic E-state index is -0.869. The van der Waals surface area contributed by atoms with Crippen LogP contribution < -0.4 is 5.32 Å². The van der Waals surface area contributed by atoms with Crippen LogP contribution in [0.4, 0.5) is 5.69 Å². The first-order valence-electron chi connectivity index (χ1n) is 7.24. The molecular weight excluding hydrogens is 262 g/mol. The molecule has 1 amide bonds. The molecule has 0 saturated heterocycles. The van der Waals surface area contributed by atoms with Crippen LogP contribution in [0.1, 0.15) is 31.4 Å². The molecule has 0 spiro atoms. The first-order chi connectivity index (χ1) is 10.1. The number of rotatable bonds is 2. The van der Waals surface area contributed by atoms with E-state index in [4.69, 9.17) is 0 Å². The van der Waals surface area contributed by atoms with E-state index in [2.05, 4.69) is 16.4 Å². The Hall–Kier alpha value is -2.41. The summed E-state index contributed by atoms with van der Waals surface area (Å²) in [4.78, 5) is 17.0. The fraction of sp³-hybridized carbons (Fsp3) is 0.353. The number of nitrogens with zero attached hydrogens (tertiary/aromatic N) is 2. The number of fused-ring (bicyclic) bond motifs is 1. The summed E-state index contributed by atoms with van der Waals surface area (Å²) in [6, 6.07) is 11.9. The predicted molar refractivity (Wildman–Crippen MR) is 81.6 cm³/mol. The van der Waals surface area contributed by atoms with Crippen molar-refractivity contribution in [1.29, 1.82) is 5.26 Å². The number of aryl methyl sites for hydroxylation is 1. The molecule has 4 heteroatoms. The van der Waals surface area contributed by atoms with E-state index in [1.807, 2.05) is 37.3 Å². The molecule has 4 nitrogen and oxygen atoms in total. The summed E-state index contributed by atoms with van der Waals surface area (Å²) in [5.41, 5.74) is 1.49. The summed E-state index contributed by atoms with van der Waals surface area (Å²) >= 11 is 0. The molecule has 0 radical (unpaired) electrons. The molecular formula is C17H17N3O. The van der Waals surface area contributed by atoms with Gasteiger partial charge in [-0.15, -0.1) is 0 Å². The molecule has 21 heavy (non-hydrogen) atoms. The number of anilines is 1. The van der Waals surface area contributed by atoms with E-state index < -0.39 is 5.41 Å². The summed E-state index contributed by atoms with van der Waals surface area (Å²) in [6.45, 7) is 1.92. The highest BCUT2D eigenvalue weighted by atomic mass is 16.2. The number of pyridine rings is 1. The molecule has 1 heterocycles. The van der Waals surface area contributed by atoms with Gasteiger partial charge in [0.25, 0.3) is 0 Å². The Balaban J connectivity index is 1.97. The van der Waals surface area contributed by atoms with Crippen molar-refractivity contribution in [2.45, 2.75) is 32.6 Å².